The molecule has 25 heavy (non-hydrogen) atoms. The first kappa shape index (κ1) is 19.8. The fourth-order valence-electron chi connectivity index (χ4n) is 2.66. The average Bonchev–Trinajstić information content (AvgIpc) is 3.07. The van der Waals surface area contributed by atoms with Crippen molar-refractivity contribution in [2.75, 3.05) is 39.6 Å². The van der Waals surface area contributed by atoms with Crippen molar-refractivity contribution >= 4 is 21.6 Å². The maximum Gasteiger partial charge on any atom is 0.242 e. The lowest BCUT2D eigenvalue weighted by Crippen LogP contribution is -2.43. The molecule has 0 radical (unpaired) electrons. The fraction of sp³-hybridized carbons (Fsp3) is 0.588. The molecule has 1 amide bonds. The monoisotopic (exact) mass is 369 g/mol. The van der Waals surface area contributed by atoms with Crippen molar-refractivity contribution in [3.05, 3.63) is 24.3 Å². The van der Waals surface area contributed by atoms with Crippen molar-refractivity contribution in [1.82, 2.24) is 9.21 Å². The first-order valence-corrected chi connectivity index (χ1v) is 9.81. The van der Waals surface area contributed by atoms with Gasteiger partial charge in [0.1, 0.15) is 0 Å². The lowest BCUT2D eigenvalue weighted by Gasteiger charge is -2.26. The number of benzene rings is 1. The van der Waals surface area contributed by atoms with E-state index in [1.807, 2.05) is 18.9 Å². The molecular formula is C17H27N3O4S. The molecule has 1 saturated heterocycles. The number of anilines is 1. The first-order chi connectivity index (χ1) is 11.7. The molecule has 1 aromatic carbocycles. The molecule has 140 valence electrons. The van der Waals surface area contributed by atoms with Gasteiger partial charge < -0.3 is 10.1 Å². The Balaban J connectivity index is 2.02. The summed E-state index contributed by atoms with van der Waals surface area (Å²) in [4.78, 5) is 14.6. The molecule has 1 N–H and O–H groups in total. The molecule has 2 atom stereocenters. The van der Waals surface area contributed by atoms with E-state index in [0.717, 1.165) is 23.8 Å². The van der Waals surface area contributed by atoms with Gasteiger partial charge in [-0.05, 0) is 45.0 Å². The lowest BCUT2D eigenvalue weighted by atomic mass is 10.2. The normalized spacial score (nSPS) is 19.4. The smallest absolute Gasteiger partial charge is 0.242 e. The Morgan fingerprint density at radius 2 is 2.08 bits per heavy atom. The van der Waals surface area contributed by atoms with E-state index in [4.69, 9.17) is 4.74 Å². The Morgan fingerprint density at radius 1 is 1.36 bits per heavy atom. The number of carbonyl (C=O) groups excluding carboxylic acids is 1. The molecule has 0 unspecified atom stereocenters. The van der Waals surface area contributed by atoms with Crippen LogP contribution in [0.1, 0.15) is 19.8 Å². The molecule has 1 heterocycles. The molecule has 1 aliphatic rings. The summed E-state index contributed by atoms with van der Waals surface area (Å²) in [6.45, 7) is 3.31. The van der Waals surface area contributed by atoms with Gasteiger partial charge in [-0.1, -0.05) is 6.07 Å². The zero-order valence-electron chi connectivity index (χ0n) is 15.2. The average molecular weight is 369 g/mol. The van der Waals surface area contributed by atoms with Crippen LogP contribution in [-0.2, 0) is 19.6 Å². The summed E-state index contributed by atoms with van der Waals surface area (Å²) >= 11 is 0. The van der Waals surface area contributed by atoms with Gasteiger partial charge in [-0.3, -0.25) is 9.69 Å². The minimum atomic E-state index is -3.53. The topological polar surface area (TPSA) is 79.0 Å². The SMILES string of the molecule is C[C@H](C(=O)Nc1cccc(S(=O)(=O)N(C)C)c1)N(C)C[C@@H]1CCCO1. The number of sulfonamides is 1. The minimum Gasteiger partial charge on any atom is -0.377 e. The van der Waals surface area contributed by atoms with E-state index in [9.17, 15) is 13.2 Å². The van der Waals surface area contributed by atoms with Gasteiger partial charge in [-0.15, -0.1) is 0 Å². The number of nitrogens with zero attached hydrogens (tertiary/aromatic N) is 2. The lowest BCUT2D eigenvalue weighted by molar-refractivity contribution is -0.120. The molecule has 0 aromatic heterocycles. The molecule has 0 saturated carbocycles. The van der Waals surface area contributed by atoms with Crippen LogP contribution in [-0.4, -0.2) is 70.0 Å². The van der Waals surface area contributed by atoms with E-state index in [1.54, 1.807) is 12.1 Å². The third kappa shape index (κ3) is 5.01. The standard InChI is InChI=1S/C17H27N3O4S/c1-13(20(4)12-15-8-6-10-24-15)17(21)18-14-7-5-9-16(11-14)25(22,23)19(2)3/h5,7,9,11,13,15H,6,8,10,12H2,1-4H3,(H,18,21)/t13-,15+/m1/s1. The number of rotatable bonds is 7. The zero-order chi connectivity index (χ0) is 18.6. The predicted octanol–water partition coefficient (Wildman–Crippen LogP) is 1.37. The molecular weight excluding hydrogens is 342 g/mol. The van der Waals surface area contributed by atoms with Crippen LogP contribution in [0.2, 0.25) is 0 Å². The van der Waals surface area contributed by atoms with Crippen molar-refractivity contribution in [2.45, 2.75) is 36.8 Å². The second kappa shape index (κ2) is 8.27. The molecule has 1 fully saturated rings. The van der Waals surface area contributed by atoms with Gasteiger partial charge >= 0.3 is 0 Å². The van der Waals surface area contributed by atoms with Crippen molar-refractivity contribution in [3.8, 4) is 0 Å². The molecule has 0 bridgehead atoms. The van der Waals surface area contributed by atoms with Crippen LogP contribution in [0.15, 0.2) is 29.2 Å². The summed E-state index contributed by atoms with van der Waals surface area (Å²) < 4.78 is 31.1. The van der Waals surface area contributed by atoms with Crippen molar-refractivity contribution in [3.63, 3.8) is 0 Å². The van der Waals surface area contributed by atoms with Crippen LogP contribution >= 0.6 is 0 Å². The summed E-state index contributed by atoms with van der Waals surface area (Å²) in [5, 5.41) is 2.79. The highest BCUT2D eigenvalue weighted by Crippen LogP contribution is 2.19. The minimum absolute atomic E-state index is 0.149. The first-order valence-electron chi connectivity index (χ1n) is 8.37. The molecule has 8 heteroatoms. The Kier molecular flexibility index (Phi) is 6.56. The van der Waals surface area contributed by atoms with Gasteiger partial charge in [0.05, 0.1) is 17.0 Å². The largest absolute Gasteiger partial charge is 0.377 e. The van der Waals surface area contributed by atoms with Crippen LogP contribution < -0.4 is 5.32 Å². The van der Waals surface area contributed by atoms with Gasteiger partial charge in [0, 0.05) is 32.9 Å². The Bertz CT molecular complexity index is 700. The van der Waals surface area contributed by atoms with Crippen LogP contribution in [0, 0.1) is 0 Å². The molecule has 2 rings (SSSR count). The fourth-order valence-corrected chi connectivity index (χ4v) is 3.61. The van der Waals surface area contributed by atoms with Gasteiger partial charge in [-0.2, -0.15) is 0 Å². The molecule has 0 aliphatic carbocycles. The highest BCUT2D eigenvalue weighted by atomic mass is 32.2. The number of hydrogen-bond donors (Lipinski definition) is 1. The van der Waals surface area contributed by atoms with E-state index in [-0.39, 0.29) is 22.9 Å². The molecule has 7 nitrogen and oxygen atoms in total. The summed E-state index contributed by atoms with van der Waals surface area (Å²) in [5.74, 6) is -0.181. The number of ether oxygens (including phenoxy) is 1. The Hall–Kier alpha value is -1.48. The van der Waals surface area contributed by atoms with Gasteiger partial charge in [0.25, 0.3) is 0 Å². The number of amides is 1. The molecule has 0 spiro atoms. The Labute approximate surface area is 150 Å². The van der Waals surface area contributed by atoms with Crippen LogP contribution in [0.5, 0.6) is 0 Å². The third-order valence-corrected chi connectivity index (χ3v) is 6.25. The van der Waals surface area contributed by atoms with Crippen LogP contribution in [0.4, 0.5) is 5.69 Å². The second-order valence-corrected chi connectivity index (χ2v) is 8.71. The Morgan fingerprint density at radius 3 is 2.68 bits per heavy atom. The van der Waals surface area contributed by atoms with Gasteiger partial charge in [0.2, 0.25) is 15.9 Å². The summed E-state index contributed by atoms with van der Waals surface area (Å²) in [7, 11) is 1.31. The van der Waals surface area contributed by atoms with E-state index in [2.05, 4.69) is 5.32 Å². The highest BCUT2D eigenvalue weighted by Gasteiger charge is 2.24. The number of nitrogens with one attached hydrogen (secondary N) is 1. The quantitative estimate of drug-likeness (QED) is 0.785. The van der Waals surface area contributed by atoms with E-state index >= 15 is 0 Å². The maximum absolute atomic E-state index is 12.5. The predicted molar refractivity (Wildman–Crippen MR) is 97.0 cm³/mol. The van der Waals surface area contributed by atoms with Crippen molar-refractivity contribution in [1.29, 1.82) is 0 Å². The van der Waals surface area contributed by atoms with Crippen molar-refractivity contribution in [2.24, 2.45) is 0 Å². The summed E-state index contributed by atoms with van der Waals surface area (Å²) in [5.41, 5.74) is 0.463. The summed E-state index contributed by atoms with van der Waals surface area (Å²) in [6.07, 6.45) is 2.25. The van der Waals surface area contributed by atoms with Crippen molar-refractivity contribution < 1.29 is 17.9 Å². The van der Waals surface area contributed by atoms with E-state index in [1.165, 1.54) is 26.2 Å². The number of likely N-dealkylation sites (N-methyl/N-ethyl adjacent to an activating group) is 1. The highest BCUT2D eigenvalue weighted by molar-refractivity contribution is 7.89. The molecule has 1 aromatic rings. The van der Waals surface area contributed by atoms with E-state index < -0.39 is 10.0 Å². The summed E-state index contributed by atoms with van der Waals surface area (Å²) in [6, 6.07) is 5.93. The molecule has 1 aliphatic heterocycles. The number of carbonyl (C=O) groups is 1. The van der Waals surface area contributed by atoms with Crippen LogP contribution in [0.25, 0.3) is 0 Å². The zero-order valence-corrected chi connectivity index (χ0v) is 16.0. The van der Waals surface area contributed by atoms with Crippen LogP contribution in [0.3, 0.4) is 0 Å². The number of hydrogen-bond acceptors (Lipinski definition) is 5. The third-order valence-electron chi connectivity index (χ3n) is 4.44. The van der Waals surface area contributed by atoms with Gasteiger partial charge in [0.15, 0.2) is 0 Å². The van der Waals surface area contributed by atoms with Gasteiger partial charge in [-0.25, -0.2) is 12.7 Å². The second-order valence-electron chi connectivity index (χ2n) is 6.56. The maximum atomic E-state index is 12.5. The van der Waals surface area contributed by atoms with E-state index in [0.29, 0.717) is 12.2 Å².